The number of primary amides is 1. The molecule has 1 heterocycles. The number of aliphatic hydroxyl groups excluding tert-OH is 1. The van der Waals surface area contributed by atoms with E-state index in [4.69, 9.17) is 15.2 Å². The predicted octanol–water partition coefficient (Wildman–Crippen LogP) is 3.82. The number of hydrogen-bond acceptors (Lipinski definition) is 8. The van der Waals surface area contributed by atoms with E-state index in [0.29, 0.717) is 43.2 Å². The number of amides is 2. The second-order valence-corrected chi connectivity index (χ2v) is 9.09. The molecule has 7 N–H and O–H groups in total. The number of fused-ring (bicyclic) bond motifs is 2. The van der Waals surface area contributed by atoms with Crippen LogP contribution in [0.3, 0.4) is 0 Å². The van der Waals surface area contributed by atoms with E-state index < -0.39 is 37.0 Å². The van der Waals surface area contributed by atoms with E-state index in [2.05, 4.69) is 10.6 Å². The fraction of sp³-hybridized carbons (Fsp3) is 0.481. The van der Waals surface area contributed by atoms with Gasteiger partial charge in [0.05, 0.1) is 17.5 Å². The number of aromatic hydroxyl groups is 2. The lowest BCUT2D eigenvalue weighted by molar-refractivity contribution is -0.112. The number of phenolic OH excluding ortho intramolecular Hbond substituents is 2. The predicted molar refractivity (Wildman–Crippen MR) is 143 cm³/mol. The minimum absolute atomic E-state index is 0.00694. The first-order valence-electron chi connectivity index (χ1n) is 12.5. The summed E-state index contributed by atoms with van der Waals surface area (Å²) in [5.74, 6) is -1.00. The number of halogens is 1. The summed E-state index contributed by atoms with van der Waals surface area (Å²) in [5, 5.41) is 37.4. The van der Waals surface area contributed by atoms with Crippen LogP contribution < -0.4 is 16.4 Å². The van der Waals surface area contributed by atoms with Crippen LogP contribution in [0.5, 0.6) is 11.5 Å². The maximum Gasteiger partial charge on any atom is 0.405 e. The van der Waals surface area contributed by atoms with Crippen LogP contribution in [0.25, 0.3) is 0 Å². The van der Waals surface area contributed by atoms with Gasteiger partial charge in [-0.15, -0.1) is 0 Å². The van der Waals surface area contributed by atoms with Gasteiger partial charge < -0.3 is 41.2 Å². The summed E-state index contributed by atoms with van der Waals surface area (Å²) in [6.45, 7) is 2.56. The average molecular weight is 536 g/mol. The van der Waals surface area contributed by atoms with Crippen molar-refractivity contribution in [2.75, 3.05) is 31.0 Å². The highest BCUT2D eigenvalue weighted by Gasteiger charge is 2.25. The van der Waals surface area contributed by atoms with Gasteiger partial charge in [-0.3, -0.25) is 4.79 Å². The second-order valence-electron chi connectivity index (χ2n) is 9.09. The third-order valence-electron chi connectivity index (χ3n) is 6.22. The van der Waals surface area contributed by atoms with Crippen LogP contribution >= 0.6 is 0 Å². The van der Waals surface area contributed by atoms with E-state index in [1.54, 1.807) is 32.1 Å². The molecule has 0 radical (unpaired) electrons. The molecule has 2 bridgehead atoms. The monoisotopic (exact) mass is 535 g/mol. The van der Waals surface area contributed by atoms with Gasteiger partial charge in [-0.2, -0.15) is 0 Å². The second kappa shape index (κ2) is 15.0. The largest absolute Gasteiger partial charge is 0.506 e. The van der Waals surface area contributed by atoms with Crippen molar-refractivity contribution in [1.82, 2.24) is 0 Å². The van der Waals surface area contributed by atoms with E-state index in [1.807, 2.05) is 0 Å². The van der Waals surface area contributed by atoms with E-state index >= 15 is 0 Å². The molecule has 10 nitrogen and oxygen atoms in total. The van der Waals surface area contributed by atoms with E-state index in [-0.39, 0.29) is 35.0 Å². The number of carbonyl (C=O) groups is 2. The normalized spacial score (nSPS) is 25.3. The molecule has 0 saturated heterocycles. The van der Waals surface area contributed by atoms with Crippen LogP contribution in [-0.2, 0) is 20.7 Å². The number of ether oxygens (including phenoxy) is 2. The number of anilines is 2. The van der Waals surface area contributed by atoms with E-state index in [0.717, 1.165) is 0 Å². The molecule has 3 atom stereocenters. The lowest BCUT2D eigenvalue weighted by Crippen LogP contribution is -2.34. The van der Waals surface area contributed by atoms with Gasteiger partial charge in [0.15, 0.2) is 6.10 Å². The zero-order chi connectivity index (χ0) is 28.2. The molecular weight excluding hydrogens is 497 g/mol. The number of hydrogen-bond donors (Lipinski definition) is 6. The number of alkyl halides is 1. The highest BCUT2D eigenvalue weighted by molar-refractivity contribution is 6.04. The van der Waals surface area contributed by atoms with Gasteiger partial charge in [-0.25, -0.2) is 9.18 Å². The number of rotatable bonds is 5. The molecule has 1 aliphatic rings. The Morgan fingerprint density at radius 2 is 2.03 bits per heavy atom. The summed E-state index contributed by atoms with van der Waals surface area (Å²) in [4.78, 5) is 24.3. The van der Waals surface area contributed by atoms with E-state index in [1.165, 1.54) is 19.3 Å². The van der Waals surface area contributed by atoms with Crippen molar-refractivity contribution in [3.63, 3.8) is 0 Å². The van der Waals surface area contributed by atoms with Gasteiger partial charge in [0.2, 0.25) is 0 Å². The summed E-state index contributed by atoms with van der Waals surface area (Å²) in [7, 11) is 1.44. The third-order valence-corrected chi connectivity index (χ3v) is 6.22. The van der Waals surface area contributed by atoms with Crippen molar-refractivity contribution in [1.29, 1.82) is 0 Å². The quantitative estimate of drug-likeness (QED) is 0.188. The van der Waals surface area contributed by atoms with Gasteiger partial charge >= 0.3 is 6.09 Å². The zero-order valence-corrected chi connectivity index (χ0v) is 22.0. The Balaban J connectivity index is 2.47. The lowest BCUT2D eigenvalue weighted by Gasteiger charge is -2.24. The van der Waals surface area contributed by atoms with Gasteiger partial charge in [-0.1, -0.05) is 30.7 Å². The van der Waals surface area contributed by atoms with Crippen molar-refractivity contribution in [2.45, 2.75) is 64.3 Å². The minimum Gasteiger partial charge on any atom is -0.506 e. The van der Waals surface area contributed by atoms with Crippen LogP contribution in [0.15, 0.2) is 41.5 Å². The van der Waals surface area contributed by atoms with Crippen molar-refractivity contribution < 1.29 is 38.8 Å². The van der Waals surface area contributed by atoms with Gasteiger partial charge in [-0.05, 0) is 45.1 Å². The van der Waals surface area contributed by atoms with Crippen molar-refractivity contribution in [3.05, 3.63) is 47.1 Å². The first-order valence-corrected chi connectivity index (χ1v) is 12.5. The number of methoxy groups -OCH3 is 1. The highest BCUT2D eigenvalue weighted by atomic mass is 19.1. The fourth-order valence-corrected chi connectivity index (χ4v) is 4.11. The Kier molecular flexibility index (Phi) is 12.1. The average Bonchev–Trinajstić information content (AvgIpc) is 2.87. The molecule has 3 unspecified atom stereocenters. The Hall–Kier alpha value is -3.57. The first-order chi connectivity index (χ1) is 18.1. The fourth-order valence-electron chi connectivity index (χ4n) is 4.11. The minimum atomic E-state index is -0.978. The van der Waals surface area contributed by atoms with Crippen LogP contribution in [0, 0.1) is 0 Å². The van der Waals surface area contributed by atoms with Crippen molar-refractivity contribution in [2.24, 2.45) is 5.73 Å². The lowest BCUT2D eigenvalue weighted by atomic mass is 9.99. The van der Waals surface area contributed by atoms with Crippen LogP contribution in [0.4, 0.5) is 20.6 Å². The number of benzene rings is 1. The Labute approximate surface area is 222 Å². The topological polar surface area (TPSA) is 163 Å². The number of nitrogens with one attached hydrogen (secondary N) is 2. The molecule has 38 heavy (non-hydrogen) atoms. The Morgan fingerprint density at radius 3 is 2.68 bits per heavy atom. The molecule has 11 heteroatoms. The maximum atomic E-state index is 12.8. The summed E-state index contributed by atoms with van der Waals surface area (Å²) in [5.41, 5.74) is 6.72. The number of nitrogens with two attached hydrogens (primary N) is 1. The number of allylic oxidation sites excluding steroid dienone is 2. The molecule has 0 saturated carbocycles. The zero-order valence-electron chi connectivity index (χ0n) is 22.0. The summed E-state index contributed by atoms with van der Waals surface area (Å²) in [6.07, 6.45) is 5.36. The highest BCUT2D eigenvalue weighted by Crippen LogP contribution is 2.41. The van der Waals surface area contributed by atoms with Gasteiger partial charge in [0, 0.05) is 30.9 Å². The van der Waals surface area contributed by atoms with Crippen molar-refractivity contribution in [3.8, 4) is 11.5 Å². The molecule has 1 aromatic carbocycles. The number of carbonyl (C=O) groups excluding carboxylic acids is 2. The summed E-state index contributed by atoms with van der Waals surface area (Å²) >= 11 is 0. The molecule has 0 aromatic heterocycles. The molecule has 2 amide bonds. The third kappa shape index (κ3) is 8.77. The SMILES string of the molecule is COC1/C=C\C=C(/C)C(=O)Nc2cc(O)c(NCCF)c(c2O)CCCCC(O)C/C=C(\C)C1OC(N)=O. The summed E-state index contributed by atoms with van der Waals surface area (Å²) < 4.78 is 23.5. The molecule has 2 rings (SSSR count). The smallest absolute Gasteiger partial charge is 0.405 e. The van der Waals surface area contributed by atoms with Crippen LogP contribution in [0.1, 0.15) is 45.1 Å². The standard InChI is InChI=1S/C27H38FN3O7/c1-16-11-12-18(32)8-4-5-9-19-23(30-14-13-28)21(33)15-20(24(19)34)31-26(35)17(2)7-6-10-22(37-3)25(16)38-27(29)36/h6-7,10-11,15,18,22,25,30,32-34H,4-5,8-9,12-14H2,1-3H3,(H2,29,36)(H,31,35)/b10-6-,16-11+,17-7+. The van der Waals surface area contributed by atoms with E-state index in [9.17, 15) is 29.3 Å². The Bertz CT molecular complexity index is 1070. The molecule has 1 aromatic rings. The van der Waals surface area contributed by atoms with Crippen LogP contribution in [0.2, 0.25) is 0 Å². The Morgan fingerprint density at radius 1 is 1.29 bits per heavy atom. The number of aliphatic hydroxyl groups is 1. The molecule has 1 aliphatic heterocycles. The molecule has 0 aliphatic carbocycles. The number of phenols is 2. The first kappa shape index (κ1) is 30.7. The van der Waals surface area contributed by atoms with Gasteiger partial charge in [0.1, 0.15) is 24.3 Å². The molecule has 210 valence electrons. The van der Waals surface area contributed by atoms with Crippen molar-refractivity contribution >= 4 is 23.4 Å². The maximum absolute atomic E-state index is 12.8. The van der Waals surface area contributed by atoms with Crippen LogP contribution in [-0.4, -0.2) is 66.0 Å². The molecule has 0 fully saturated rings. The molecular formula is C27H38FN3O7. The van der Waals surface area contributed by atoms with Gasteiger partial charge in [0.25, 0.3) is 5.91 Å². The summed E-state index contributed by atoms with van der Waals surface area (Å²) in [6, 6.07) is 1.20. The molecule has 0 spiro atoms.